The highest BCUT2D eigenvalue weighted by Crippen LogP contribution is 2.21. The van der Waals surface area contributed by atoms with Crippen LogP contribution in [-0.4, -0.2) is 40.6 Å². The largest absolute Gasteiger partial charge is 0.484 e. The van der Waals surface area contributed by atoms with Gasteiger partial charge >= 0.3 is 0 Å². The molecule has 0 saturated carbocycles. The van der Waals surface area contributed by atoms with Gasteiger partial charge in [0.1, 0.15) is 5.75 Å². The molecule has 0 bridgehead atoms. The molecule has 134 valence electrons. The summed E-state index contributed by atoms with van der Waals surface area (Å²) in [6, 6.07) is 15.6. The van der Waals surface area contributed by atoms with E-state index in [4.69, 9.17) is 4.74 Å². The first-order valence-corrected chi connectivity index (χ1v) is 9.01. The van der Waals surface area contributed by atoms with Crippen LogP contribution in [0.2, 0.25) is 0 Å². The Hall–Kier alpha value is -2.87. The number of nitro groups is 1. The number of non-ortho nitro benzene ring substituents is 1. The van der Waals surface area contributed by atoms with Gasteiger partial charge in [-0.15, -0.1) is 0 Å². The predicted molar refractivity (Wildman–Crippen MR) is 100 cm³/mol. The second-order valence-electron chi connectivity index (χ2n) is 5.52. The van der Waals surface area contributed by atoms with Gasteiger partial charge in [0.15, 0.2) is 11.8 Å². The molecule has 0 unspecified atom stereocenters. The lowest BCUT2D eigenvalue weighted by Gasteiger charge is -2.18. The molecule has 0 aliphatic carbocycles. The van der Waals surface area contributed by atoms with E-state index in [9.17, 15) is 14.9 Å². The third-order valence-corrected chi connectivity index (χ3v) is 4.81. The summed E-state index contributed by atoms with van der Waals surface area (Å²) in [4.78, 5) is 28.7. The zero-order valence-corrected chi connectivity index (χ0v) is 14.7. The normalized spacial score (nSPS) is 13.4. The molecule has 0 N–H and O–H groups in total. The molecule has 0 radical (unpaired) electrons. The summed E-state index contributed by atoms with van der Waals surface area (Å²) in [5.41, 5.74) is 0.995. The number of carbonyl (C=O) groups excluding carboxylic acids is 1. The molecule has 0 atom stereocenters. The van der Waals surface area contributed by atoms with Crippen molar-refractivity contribution in [3.8, 4) is 5.75 Å². The molecule has 1 heterocycles. The van der Waals surface area contributed by atoms with Crippen molar-refractivity contribution in [1.82, 2.24) is 4.90 Å². The second kappa shape index (κ2) is 8.48. The summed E-state index contributed by atoms with van der Waals surface area (Å²) >= 11 is 1.44. The molecule has 26 heavy (non-hydrogen) atoms. The summed E-state index contributed by atoms with van der Waals surface area (Å²) in [7, 11) is 0. The number of nitrogens with zero attached hydrogens (tertiary/aromatic N) is 3. The first kappa shape index (κ1) is 17.9. The van der Waals surface area contributed by atoms with E-state index in [-0.39, 0.29) is 18.2 Å². The third kappa shape index (κ3) is 4.60. The molecule has 1 aliphatic heterocycles. The van der Waals surface area contributed by atoms with Crippen LogP contribution in [0.4, 0.5) is 5.69 Å². The molecule has 2 aromatic rings. The first-order valence-electron chi connectivity index (χ1n) is 8.02. The third-order valence-electron chi connectivity index (χ3n) is 3.72. The Morgan fingerprint density at radius 1 is 1.19 bits per heavy atom. The fourth-order valence-corrected chi connectivity index (χ4v) is 3.40. The number of nitro benzene ring substituents is 1. The van der Waals surface area contributed by atoms with Crippen LogP contribution in [0, 0.1) is 10.1 Å². The first-order chi connectivity index (χ1) is 12.6. The van der Waals surface area contributed by atoms with E-state index in [1.807, 2.05) is 18.2 Å². The van der Waals surface area contributed by atoms with Crippen molar-refractivity contribution in [1.29, 1.82) is 0 Å². The van der Waals surface area contributed by atoms with E-state index in [1.54, 1.807) is 29.2 Å². The molecule has 0 fully saturated rings. The number of aliphatic imine (C=N–C) groups is 1. The van der Waals surface area contributed by atoms with Crippen molar-refractivity contribution in [2.75, 3.05) is 19.7 Å². The molecule has 3 rings (SSSR count). The fourth-order valence-electron chi connectivity index (χ4n) is 2.38. The number of para-hydroxylation sites is 1. The molecule has 0 spiro atoms. The Labute approximate surface area is 154 Å². The number of amides is 1. The van der Waals surface area contributed by atoms with Gasteiger partial charge in [-0.3, -0.25) is 24.8 Å². The molecule has 0 aromatic heterocycles. The minimum atomic E-state index is -0.425. The van der Waals surface area contributed by atoms with Gasteiger partial charge in [0.2, 0.25) is 0 Å². The van der Waals surface area contributed by atoms with Gasteiger partial charge in [-0.2, -0.15) is 0 Å². The highest BCUT2D eigenvalue weighted by Gasteiger charge is 2.24. The van der Waals surface area contributed by atoms with Crippen LogP contribution >= 0.6 is 11.8 Å². The Bertz CT molecular complexity index is 809. The number of hydrogen-bond acceptors (Lipinski definition) is 6. The maximum atomic E-state index is 12.4. The monoisotopic (exact) mass is 371 g/mol. The number of ether oxygens (including phenoxy) is 1. The van der Waals surface area contributed by atoms with Crippen molar-refractivity contribution >= 4 is 28.5 Å². The molecule has 0 saturated heterocycles. The van der Waals surface area contributed by atoms with Gasteiger partial charge in [0.05, 0.1) is 11.5 Å². The van der Waals surface area contributed by atoms with Gasteiger partial charge in [0, 0.05) is 24.4 Å². The lowest BCUT2D eigenvalue weighted by Crippen LogP contribution is -2.36. The quantitative estimate of drug-likeness (QED) is 0.575. The van der Waals surface area contributed by atoms with Crippen molar-refractivity contribution < 1.29 is 14.5 Å². The van der Waals surface area contributed by atoms with Gasteiger partial charge in [-0.05, 0) is 17.7 Å². The van der Waals surface area contributed by atoms with Crippen LogP contribution in [0.25, 0.3) is 0 Å². The molecule has 7 nitrogen and oxygen atoms in total. The standard InChI is InChI=1S/C18H17N3O4S/c22-17(12-25-16-4-2-1-3-5-16)20-11-10-19-18(20)26-13-14-6-8-15(9-7-14)21(23)24/h1-9H,10-13H2. The molecule has 1 aliphatic rings. The SMILES string of the molecule is O=C(COc1ccccc1)N1CCN=C1SCc1ccc([N+](=O)[O-])cc1. The Kier molecular flexibility index (Phi) is 5.85. The van der Waals surface area contributed by atoms with E-state index in [0.717, 1.165) is 5.56 Å². The smallest absolute Gasteiger partial charge is 0.269 e. The maximum absolute atomic E-state index is 12.4. The van der Waals surface area contributed by atoms with Crippen LogP contribution in [0.5, 0.6) is 5.75 Å². The zero-order chi connectivity index (χ0) is 18.4. The van der Waals surface area contributed by atoms with Crippen LogP contribution < -0.4 is 4.74 Å². The average Bonchev–Trinajstić information content (AvgIpc) is 3.14. The lowest BCUT2D eigenvalue weighted by molar-refractivity contribution is -0.384. The highest BCUT2D eigenvalue weighted by atomic mass is 32.2. The van der Waals surface area contributed by atoms with Crippen molar-refractivity contribution in [3.05, 3.63) is 70.3 Å². The number of carbonyl (C=O) groups is 1. The number of amidine groups is 1. The predicted octanol–water partition coefficient (Wildman–Crippen LogP) is 3.11. The van der Waals surface area contributed by atoms with E-state index in [0.29, 0.717) is 29.8 Å². The van der Waals surface area contributed by atoms with Crippen molar-refractivity contribution in [3.63, 3.8) is 0 Å². The number of benzene rings is 2. The van der Waals surface area contributed by atoms with Crippen LogP contribution in [0.1, 0.15) is 5.56 Å². The Morgan fingerprint density at radius 2 is 1.92 bits per heavy atom. The average molecular weight is 371 g/mol. The molecular formula is C18H17N3O4S. The summed E-state index contributed by atoms with van der Waals surface area (Å²) in [6.45, 7) is 1.07. The molecule has 1 amide bonds. The Morgan fingerprint density at radius 3 is 2.62 bits per heavy atom. The van der Waals surface area contributed by atoms with E-state index >= 15 is 0 Å². The lowest BCUT2D eigenvalue weighted by atomic mass is 10.2. The molecule has 2 aromatic carbocycles. The maximum Gasteiger partial charge on any atom is 0.269 e. The van der Waals surface area contributed by atoms with Gasteiger partial charge < -0.3 is 4.74 Å². The summed E-state index contributed by atoms with van der Waals surface area (Å²) in [6.07, 6.45) is 0. The van der Waals surface area contributed by atoms with Crippen molar-refractivity contribution in [2.45, 2.75) is 5.75 Å². The van der Waals surface area contributed by atoms with Gasteiger partial charge in [-0.1, -0.05) is 42.1 Å². The van der Waals surface area contributed by atoms with Crippen LogP contribution in [0.15, 0.2) is 59.6 Å². The minimum absolute atomic E-state index is 0.0406. The van der Waals surface area contributed by atoms with E-state index < -0.39 is 4.92 Å². The van der Waals surface area contributed by atoms with Gasteiger partial charge in [-0.25, -0.2) is 0 Å². The highest BCUT2D eigenvalue weighted by molar-refractivity contribution is 8.13. The summed E-state index contributed by atoms with van der Waals surface area (Å²) < 4.78 is 5.51. The van der Waals surface area contributed by atoms with Gasteiger partial charge in [0.25, 0.3) is 11.6 Å². The van der Waals surface area contributed by atoms with E-state index in [2.05, 4.69) is 4.99 Å². The topological polar surface area (TPSA) is 85.0 Å². The Balaban J connectivity index is 1.52. The zero-order valence-electron chi connectivity index (χ0n) is 13.9. The molecule has 8 heteroatoms. The number of rotatable bonds is 6. The second-order valence-corrected chi connectivity index (χ2v) is 6.47. The molecular weight excluding hydrogens is 354 g/mol. The summed E-state index contributed by atoms with van der Waals surface area (Å²) in [5, 5.41) is 11.3. The summed E-state index contributed by atoms with van der Waals surface area (Å²) in [5.74, 6) is 1.10. The van der Waals surface area contributed by atoms with E-state index in [1.165, 1.54) is 23.9 Å². The van der Waals surface area contributed by atoms with Crippen LogP contribution in [0.3, 0.4) is 0 Å². The minimum Gasteiger partial charge on any atom is -0.484 e. The fraction of sp³-hybridized carbons (Fsp3) is 0.222. The van der Waals surface area contributed by atoms with Crippen molar-refractivity contribution in [2.24, 2.45) is 4.99 Å². The number of thioether (sulfide) groups is 1. The number of hydrogen-bond donors (Lipinski definition) is 0. The van der Waals surface area contributed by atoms with Crippen LogP contribution in [-0.2, 0) is 10.5 Å².